The third-order valence-corrected chi connectivity index (χ3v) is 13.4. The summed E-state index contributed by atoms with van der Waals surface area (Å²) in [6.45, 7) is 5.78. The molecule has 0 saturated carbocycles. The molecular weight excluding hydrogens is 696 g/mol. The fourth-order valence-electron chi connectivity index (χ4n) is 8.45. The summed E-state index contributed by atoms with van der Waals surface area (Å²) < 4.78 is 31.5. The molecule has 5 aromatic rings. The van der Waals surface area contributed by atoms with E-state index in [1.54, 1.807) is 41.0 Å². The van der Waals surface area contributed by atoms with Gasteiger partial charge in [0, 0.05) is 42.7 Å². The number of para-hydroxylation sites is 1. The van der Waals surface area contributed by atoms with E-state index in [9.17, 15) is 19.5 Å². The third kappa shape index (κ3) is 6.53. The van der Waals surface area contributed by atoms with Gasteiger partial charge >= 0.3 is 5.97 Å². The number of halogens is 1. The fraction of sp³-hybridized carbons (Fsp3) is 0.410. The molecule has 7 rings (SSSR count). The summed E-state index contributed by atoms with van der Waals surface area (Å²) in [6, 6.07) is 22.3. The zero-order valence-electron chi connectivity index (χ0n) is 30.4. The lowest BCUT2D eigenvalue weighted by molar-refractivity contribution is -0.146. The Kier molecular flexibility index (Phi) is 9.96. The van der Waals surface area contributed by atoms with Crippen molar-refractivity contribution in [2.75, 3.05) is 25.2 Å². The minimum absolute atomic E-state index is 0.133. The number of fused-ring (bicyclic) bond motifs is 3. The van der Waals surface area contributed by atoms with E-state index in [-0.39, 0.29) is 36.4 Å². The number of aromatic amines is 1. The van der Waals surface area contributed by atoms with Gasteiger partial charge in [-0.3, -0.25) is 24.2 Å². The molecule has 278 valence electrons. The number of aryl methyl sites for hydroxylation is 1. The highest BCUT2D eigenvalue weighted by Crippen LogP contribution is 2.60. The fourth-order valence-corrected chi connectivity index (χ4v) is 11.0. The Morgan fingerprint density at radius 2 is 1.83 bits per heavy atom. The highest BCUT2D eigenvalue weighted by molar-refractivity contribution is 6.72. The number of anilines is 1. The molecule has 3 aromatic carbocycles. The van der Waals surface area contributed by atoms with Crippen LogP contribution in [0.1, 0.15) is 55.3 Å². The predicted octanol–water partition coefficient (Wildman–Crippen LogP) is 5.59. The number of ether oxygens (including phenoxy) is 2. The first kappa shape index (κ1) is 36.4. The van der Waals surface area contributed by atoms with Crippen LogP contribution in [0.15, 0.2) is 83.8 Å². The average molecular weight is 741 g/mol. The van der Waals surface area contributed by atoms with Crippen molar-refractivity contribution in [3.63, 3.8) is 0 Å². The number of carbonyl (C=O) groups is 2. The van der Waals surface area contributed by atoms with Crippen LogP contribution in [-0.4, -0.2) is 76.5 Å². The molecule has 53 heavy (non-hydrogen) atoms. The molecule has 1 spiro atoms. The van der Waals surface area contributed by atoms with E-state index in [4.69, 9.17) is 9.47 Å². The molecule has 5 atom stereocenters. The molecule has 1 unspecified atom stereocenters. The van der Waals surface area contributed by atoms with E-state index < -0.39 is 31.6 Å². The highest BCUT2D eigenvalue weighted by Gasteiger charge is 2.66. The highest BCUT2D eigenvalue weighted by atomic mass is 28.4. The second kappa shape index (κ2) is 14.5. The van der Waals surface area contributed by atoms with Gasteiger partial charge in [-0.1, -0.05) is 54.6 Å². The van der Waals surface area contributed by atoms with Crippen LogP contribution in [0.2, 0.25) is 18.6 Å². The van der Waals surface area contributed by atoms with Gasteiger partial charge in [-0.2, -0.15) is 0 Å². The van der Waals surface area contributed by atoms with Crippen molar-refractivity contribution in [2.24, 2.45) is 5.92 Å². The first-order chi connectivity index (χ1) is 25.5. The predicted molar refractivity (Wildman–Crippen MR) is 200 cm³/mol. The first-order valence-corrected chi connectivity index (χ1v) is 21.1. The molecule has 2 aliphatic heterocycles. The summed E-state index contributed by atoms with van der Waals surface area (Å²) in [5, 5.41) is 22.6. The summed E-state index contributed by atoms with van der Waals surface area (Å²) in [7, 11) is -2.11. The van der Waals surface area contributed by atoms with Crippen molar-refractivity contribution in [1.82, 2.24) is 24.8 Å². The van der Waals surface area contributed by atoms with Crippen molar-refractivity contribution in [3.05, 3.63) is 106 Å². The molecule has 0 aliphatic carbocycles. The number of hydrogen-bond donors (Lipinski definition) is 2. The number of hydrogen-bond acceptors (Lipinski definition) is 8. The van der Waals surface area contributed by atoms with Crippen LogP contribution in [0, 0.1) is 5.92 Å². The van der Waals surface area contributed by atoms with E-state index in [0.29, 0.717) is 65.9 Å². The molecule has 2 aliphatic rings. The second-order valence-corrected chi connectivity index (χ2v) is 18.4. The lowest BCUT2D eigenvalue weighted by Gasteiger charge is -2.31. The number of aromatic nitrogens is 5. The largest absolute Gasteiger partial charge is 0.469 e. The van der Waals surface area contributed by atoms with E-state index >= 15 is 4.11 Å². The maximum atomic E-state index is 16.6. The second-order valence-electron chi connectivity index (χ2n) is 14.6. The number of carbonyl (C=O) groups excluding carboxylic acids is 2. The normalized spacial score (nSPS) is 21.8. The number of rotatable bonds is 13. The molecule has 14 heteroatoms. The quantitative estimate of drug-likeness (QED) is 0.0689. The Morgan fingerprint density at radius 1 is 1.08 bits per heavy atom. The van der Waals surface area contributed by atoms with Crippen LogP contribution in [0.3, 0.4) is 0 Å². The topological polar surface area (TPSA) is 145 Å². The van der Waals surface area contributed by atoms with E-state index in [1.807, 2.05) is 67.6 Å². The van der Waals surface area contributed by atoms with Crippen LogP contribution in [0.4, 0.5) is 9.80 Å². The molecule has 2 N–H and O–H groups in total. The molecular formula is C39H45FN6O6Si. The smallest absolute Gasteiger partial charge is 0.305 e. The molecule has 12 nitrogen and oxygen atoms in total. The summed E-state index contributed by atoms with van der Waals surface area (Å²) in [4.78, 5) is 41.9. The number of esters is 1. The Morgan fingerprint density at radius 3 is 2.55 bits per heavy atom. The van der Waals surface area contributed by atoms with Crippen LogP contribution >= 0.6 is 0 Å². The minimum Gasteiger partial charge on any atom is -0.469 e. The number of aliphatic hydroxyl groups is 1. The number of aliphatic hydroxyl groups excluding tert-OH is 1. The van der Waals surface area contributed by atoms with Crippen LogP contribution in [0.5, 0.6) is 0 Å². The lowest BCUT2D eigenvalue weighted by atomic mass is 9.82. The third-order valence-electron chi connectivity index (χ3n) is 11.0. The average Bonchev–Trinajstić information content (AvgIpc) is 3.89. The maximum absolute atomic E-state index is 16.6. The molecule has 2 aromatic heterocycles. The van der Waals surface area contributed by atoms with Crippen LogP contribution in [0.25, 0.3) is 16.6 Å². The molecule has 1 saturated heterocycles. The Balaban J connectivity index is 1.23. The standard InChI is InChI=1S/C39H45FN6O6Si/c1-25-36(53(3,4)40)34(19-21-44-23-32(41-43-44)29(24-47)26-12-6-5-7-13-26)52-39(25)30-22-27(46-37(49)28-14-8-9-15-31(28)42-46)17-18-33(30)45(38(39)50)20-11-10-16-35(48)51-2/h5-9,12-15,17-18,22-23,25,29,34,36,42,47H,10-11,16,19-21,24H2,1-4H3/t25-,29?,34+,36-,39+/m0/s1. The van der Waals surface area contributed by atoms with Gasteiger partial charge in [0.2, 0.25) is 8.41 Å². The van der Waals surface area contributed by atoms with Gasteiger partial charge in [0.1, 0.15) is 0 Å². The number of unbranched alkanes of at least 4 members (excludes halogenated alkanes) is 1. The van der Waals surface area contributed by atoms with Crippen molar-refractivity contribution in [3.8, 4) is 5.69 Å². The van der Waals surface area contributed by atoms with Gasteiger partial charge in [-0.05, 0) is 68.3 Å². The van der Waals surface area contributed by atoms with Gasteiger partial charge in [0.25, 0.3) is 11.5 Å². The Bertz CT molecular complexity index is 2180. The van der Waals surface area contributed by atoms with Crippen LogP contribution < -0.4 is 10.5 Å². The summed E-state index contributed by atoms with van der Waals surface area (Å²) in [6.07, 6.45) is 2.84. The Hall–Kier alpha value is -4.92. The number of H-pyrrole nitrogens is 1. The number of nitrogens with zero attached hydrogens (tertiary/aromatic N) is 5. The van der Waals surface area contributed by atoms with E-state index in [0.717, 1.165) is 5.56 Å². The molecule has 1 fully saturated rings. The van der Waals surface area contributed by atoms with Crippen molar-refractivity contribution in [1.29, 1.82) is 0 Å². The van der Waals surface area contributed by atoms with Gasteiger partial charge in [0.05, 0.1) is 53.7 Å². The molecule has 0 radical (unpaired) electrons. The van der Waals surface area contributed by atoms with Gasteiger partial charge < -0.3 is 23.6 Å². The zero-order chi connectivity index (χ0) is 37.5. The summed E-state index contributed by atoms with van der Waals surface area (Å²) >= 11 is 0. The van der Waals surface area contributed by atoms with Gasteiger partial charge in [0.15, 0.2) is 5.60 Å². The van der Waals surface area contributed by atoms with Crippen molar-refractivity contribution in [2.45, 2.75) is 75.4 Å². The summed E-state index contributed by atoms with van der Waals surface area (Å²) in [5.41, 5.74) is 1.71. The van der Waals surface area contributed by atoms with Crippen LogP contribution in [-0.2, 0) is 31.2 Å². The number of methoxy groups -OCH3 is 1. The van der Waals surface area contributed by atoms with Gasteiger partial charge in [-0.15, -0.1) is 5.10 Å². The number of amides is 1. The lowest BCUT2D eigenvalue weighted by Crippen LogP contribution is -2.45. The summed E-state index contributed by atoms with van der Waals surface area (Å²) in [5.74, 6) is -1.47. The van der Waals surface area contributed by atoms with E-state index in [2.05, 4.69) is 15.4 Å². The van der Waals surface area contributed by atoms with Crippen molar-refractivity contribution >= 4 is 36.9 Å². The molecule has 4 heterocycles. The Labute approximate surface area is 307 Å². The number of nitrogens with one attached hydrogen (secondary N) is 1. The SMILES string of the molecule is COC(=O)CCCCN1C(=O)[C@]2(O[C@H](CCn3cc(C(CO)c4ccccc4)nn3)[C@@H]([Si](C)(C)F)[C@@H]2C)c2cc(-n3[nH]c4ccccc4c3=O)ccc21. The molecule has 1 amide bonds. The maximum Gasteiger partial charge on any atom is 0.305 e. The van der Waals surface area contributed by atoms with E-state index in [1.165, 1.54) is 11.8 Å². The zero-order valence-corrected chi connectivity index (χ0v) is 31.4. The first-order valence-electron chi connectivity index (χ1n) is 18.1. The van der Waals surface area contributed by atoms with Crippen molar-refractivity contribution < 1.29 is 28.3 Å². The number of benzene rings is 3. The monoisotopic (exact) mass is 740 g/mol. The minimum atomic E-state index is -3.46. The molecule has 0 bridgehead atoms. The van der Waals surface area contributed by atoms with Gasteiger partial charge in [-0.25, -0.2) is 4.68 Å².